The number of ether oxygens (including phenoxy) is 1. The van der Waals surface area contributed by atoms with E-state index in [1.54, 1.807) is 39.4 Å². The van der Waals surface area contributed by atoms with Crippen molar-refractivity contribution in [1.29, 1.82) is 0 Å². The second-order valence-electron chi connectivity index (χ2n) is 20.7. The molecule has 14 nitrogen and oxygen atoms in total. The summed E-state index contributed by atoms with van der Waals surface area (Å²) in [4.78, 5) is 76.2. The largest absolute Gasteiger partial charge is 0.444 e. The molecule has 4 amide bonds. The summed E-state index contributed by atoms with van der Waals surface area (Å²) in [6, 6.07) is 29.9. The molecule has 0 aliphatic carbocycles. The van der Waals surface area contributed by atoms with E-state index in [0.717, 1.165) is 33.2 Å². The van der Waals surface area contributed by atoms with E-state index in [0.29, 0.717) is 23.0 Å². The molecule has 69 heavy (non-hydrogen) atoms. The van der Waals surface area contributed by atoms with Crippen molar-refractivity contribution < 1.29 is 23.9 Å². The fraction of sp³-hybridized carbons (Fsp3) is 0.345. The first kappa shape index (κ1) is 49.4. The number of H-pyrrole nitrogens is 3. The lowest BCUT2D eigenvalue weighted by Crippen LogP contribution is -2.58. The van der Waals surface area contributed by atoms with Crippen LogP contribution in [0.15, 0.2) is 122 Å². The third-order valence-electron chi connectivity index (χ3n) is 11.8. The number of nitrogens with one attached hydrogen (secondary N) is 7. The Hall–Kier alpha value is -7.48. The first-order valence-corrected chi connectivity index (χ1v) is 23.4. The molecule has 7 aromatic rings. The molecule has 0 spiro atoms. The molecule has 0 radical (unpaired) electrons. The molecule has 0 unspecified atom stereocenters. The molecule has 0 aliphatic rings. The van der Waals surface area contributed by atoms with Gasteiger partial charge in [-0.15, -0.1) is 0 Å². The van der Waals surface area contributed by atoms with Gasteiger partial charge in [0.15, 0.2) is 0 Å². The van der Waals surface area contributed by atoms with Crippen LogP contribution in [0.5, 0.6) is 0 Å². The molecule has 0 fully saturated rings. The Balaban J connectivity index is 1.17. The van der Waals surface area contributed by atoms with Crippen LogP contribution in [0.3, 0.4) is 0 Å². The van der Waals surface area contributed by atoms with Crippen LogP contribution < -0.4 is 21.3 Å². The van der Waals surface area contributed by atoms with Gasteiger partial charge in [-0.25, -0.2) is 14.8 Å². The first-order valence-electron chi connectivity index (χ1n) is 23.4. The minimum absolute atomic E-state index is 0.00875. The van der Waals surface area contributed by atoms with Crippen LogP contribution in [0.1, 0.15) is 96.0 Å². The molecular weight excluding hydrogens is 867 g/mol. The lowest BCUT2D eigenvalue weighted by Gasteiger charge is -2.26. The summed E-state index contributed by atoms with van der Waals surface area (Å²) in [6.07, 6.45) is 4.39. The number of nitrogens with zero attached hydrogens (tertiary/aromatic N) is 2. The highest BCUT2D eigenvalue weighted by Gasteiger charge is 2.32. The number of carbonyl (C=O) groups is 4. The van der Waals surface area contributed by atoms with Crippen molar-refractivity contribution >= 4 is 34.7 Å². The Bertz CT molecular complexity index is 2860. The molecule has 0 saturated heterocycles. The van der Waals surface area contributed by atoms with Gasteiger partial charge in [-0.05, 0) is 59.9 Å². The molecule has 7 N–H and O–H groups in total. The van der Waals surface area contributed by atoms with Gasteiger partial charge >= 0.3 is 6.09 Å². The number of hydrogen-bond donors (Lipinski definition) is 7. The van der Waals surface area contributed by atoms with Crippen LogP contribution in [0, 0.1) is 0 Å². The SMILES string of the molecule is CC(C)(C)OC(=O)N[C@@H](Cc1cnc(-c2ccc(C(C)(C)C)cc2)[nH]1)C(=O)N[C@@H](Cc1c[nH]c2ccccc12)C(=O)N[C@@H](Cc1cnc(-c2ccc(C(C)(C)C)cc2)[nH]1)C(=O)NCc1ccccc1. The lowest BCUT2D eigenvalue weighted by atomic mass is 9.87. The van der Waals surface area contributed by atoms with E-state index in [9.17, 15) is 19.2 Å². The lowest BCUT2D eigenvalue weighted by molar-refractivity contribution is -0.132. The second-order valence-corrected chi connectivity index (χ2v) is 20.7. The summed E-state index contributed by atoms with van der Waals surface area (Å²) in [7, 11) is 0. The predicted molar refractivity (Wildman–Crippen MR) is 270 cm³/mol. The van der Waals surface area contributed by atoms with Gasteiger partial charge in [-0.1, -0.05) is 139 Å². The van der Waals surface area contributed by atoms with Gasteiger partial charge in [-0.3, -0.25) is 14.4 Å². The van der Waals surface area contributed by atoms with Crippen LogP contribution in [0.2, 0.25) is 0 Å². The highest BCUT2D eigenvalue weighted by Crippen LogP contribution is 2.27. The minimum Gasteiger partial charge on any atom is -0.444 e. The smallest absolute Gasteiger partial charge is 0.408 e. The monoisotopic (exact) mass is 932 g/mol. The van der Waals surface area contributed by atoms with Gasteiger partial charge in [0.2, 0.25) is 17.7 Å². The average molecular weight is 932 g/mol. The number of alkyl carbamates (subject to hydrolysis) is 1. The Morgan fingerprint density at radius 2 is 1.04 bits per heavy atom. The van der Waals surface area contributed by atoms with Crippen LogP contribution in [-0.4, -0.2) is 72.5 Å². The number of imidazole rings is 2. The van der Waals surface area contributed by atoms with Crippen molar-refractivity contribution in [3.05, 3.63) is 155 Å². The molecule has 14 heteroatoms. The Kier molecular flexibility index (Phi) is 14.9. The fourth-order valence-corrected chi connectivity index (χ4v) is 7.97. The van der Waals surface area contributed by atoms with Crippen LogP contribution in [0.4, 0.5) is 4.79 Å². The number of aromatic nitrogens is 5. The number of fused-ring (bicyclic) bond motifs is 1. The van der Waals surface area contributed by atoms with E-state index in [-0.39, 0.29) is 36.6 Å². The maximum Gasteiger partial charge on any atom is 0.408 e. The van der Waals surface area contributed by atoms with Crippen molar-refractivity contribution in [3.63, 3.8) is 0 Å². The van der Waals surface area contributed by atoms with E-state index < -0.39 is 47.5 Å². The molecule has 3 heterocycles. The summed E-state index contributed by atoms with van der Waals surface area (Å²) in [5.74, 6) is -0.464. The van der Waals surface area contributed by atoms with Crippen molar-refractivity contribution in [2.75, 3.05) is 0 Å². The molecule has 0 aliphatic heterocycles. The normalized spacial score (nSPS) is 13.3. The number of aromatic amines is 3. The summed E-state index contributed by atoms with van der Waals surface area (Å²) < 4.78 is 5.60. The number of amides is 4. The standard InChI is InChI=1S/C55H65N9O5/c1-53(2,3)38-23-19-35(20-24-38)47-57-32-40(60-47)28-45(49(65)59-30-34-15-11-10-12-16-34)63-50(66)44(27-37-31-56-43-18-14-13-17-42(37)43)62-51(67)46(64-52(68)69-55(7,8)9)29-41-33-58-48(61-41)36-21-25-39(26-22-36)54(4,5)6/h10-26,31-33,44-46,56H,27-30H2,1-9H3,(H,57,60)(H,58,61)(H,59,65)(H,62,67)(H,63,66)(H,64,68)/t44-,45-,46-/m0/s1. The van der Waals surface area contributed by atoms with E-state index in [4.69, 9.17) is 4.74 Å². The maximum atomic E-state index is 14.8. The molecular formula is C55H65N9O5. The molecule has 0 saturated carbocycles. The third-order valence-corrected chi connectivity index (χ3v) is 11.8. The van der Waals surface area contributed by atoms with Gasteiger partial charge in [0.1, 0.15) is 35.4 Å². The second kappa shape index (κ2) is 20.8. The Morgan fingerprint density at radius 3 is 1.55 bits per heavy atom. The fourth-order valence-electron chi connectivity index (χ4n) is 7.97. The highest BCUT2D eigenvalue weighted by atomic mass is 16.6. The van der Waals surface area contributed by atoms with Crippen molar-refractivity contribution in [2.24, 2.45) is 0 Å². The molecule has 3 aromatic heterocycles. The van der Waals surface area contributed by atoms with Crippen LogP contribution >= 0.6 is 0 Å². The zero-order valence-corrected chi connectivity index (χ0v) is 41.0. The highest BCUT2D eigenvalue weighted by molar-refractivity contribution is 5.95. The maximum absolute atomic E-state index is 14.8. The quantitative estimate of drug-likeness (QED) is 0.0503. The van der Waals surface area contributed by atoms with Crippen molar-refractivity contribution in [3.8, 4) is 22.8 Å². The zero-order valence-electron chi connectivity index (χ0n) is 41.0. The summed E-state index contributed by atoms with van der Waals surface area (Å²) in [5, 5.41) is 12.5. The van der Waals surface area contributed by atoms with Gasteiger partial charge in [0.25, 0.3) is 0 Å². The molecule has 7 rings (SSSR count). The zero-order chi connectivity index (χ0) is 49.5. The number of carbonyl (C=O) groups excluding carboxylic acids is 4. The number of para-hydroxylation sites is 1. The summed E-state index contributed by atoms with van der Waals surface area (Å²) in [5.41, 5.74) is 6.88. The van der Waals surface area contributed by atoms with Crippen molar-refractivity contribution in [1.82, 2.24) is 46.2 Å². The summed E-state index contributed by atoms with van der Waals surface area (Å²) >= 11 is 0. The summed E-state index contributed by atoms with van der Waals surface area (Å²) in [6.45, 7) is 18.3. The Morgan fingerprint density at radius 1 is 0.565 bits per heavy atom. The number of benzene rings is 4. The number of hydrogen-bond acceptors (Lipinski definition) is 7. The molecule has 3 atom stereocenters. The van der Waals surface area contributed by atoms with E-state index in [1.807, 2.05) is 78.9 Å². The number of rotatable bonds is 16. The molecule has 0 bridgehead atoms. The minimum atomic E-state index is -1.21. The first-order chi connectivity index (χ1) is 32.7. The third kappa shape index (κ3) is 13.4. The van der Waals surface area contributed by atoms with E-state index in [1.165, 1.54) is 11.1 Å². The van der Waals surface area contributed by atoms with Crippen LogP contribution in [-0.2, 0) is 55.8 Å². The molecule has 4 aromatic carbocycles. The molecule has 360 valence electrons. The predicted octanol–water partition coefficient (Wildman–Crippen LogP) is 8.75. The van der Waals surface area contributed by atoms with Crippen molar-refractivity contribution in [2.45, 2.75) is 123 Å². The van der Waals surface area contributed by atoms with Crippen LogP contribution in [0.25, 0.3) is 33.7 Å². The van der Waals surface area contributed by atoms with E-state index >= 15 is 0 Å². The van der Waals surface area contributed by atoms with Gasteiger partial charge < -0.3 is 41.0 Å². The van der Waals surface area contributed by atoms with Gasteiger partial charge in [0.05, 0.1) is 0 Å². The van der Waals surface area contributed by atoms with Gasteiger partial charge in [-0.2, -0.15) is 0 Å². The topological polar surface area (TPSA) is 199 Å². The van der Waals surface area contributed by atoms with Gasteiger partial charge in [0, 0.05) is 77.8 Å². The Labute approximate surface area is 404 Å². The van der Waals surface area contributed by atoms with E-state index in [2.05, 4.69) is 112 Å². The average Bonchev–Trinajstić information content (AvgIpc) is 4.08.